The van der Waals surface area contributed by atoms with Crippen LogP contribution in [0.2, 0.25) is 0 Å². The summed E-state index contributed by atoms with van der Waals surface area (Å²) in [6, 6.07) is 7.26. The Morgan fingerprint density at radius 2 is 2.05 bits per heavy atom. The number of nitrogens with zero attached hydrogens (tertiary/aromatic N) is 4. The van der Waals surface area contributed by atoms with Gasteiger partial charge in [-0.15, -0.1) is 0 Å². The van der Waals surface area contributed by atoms with E-state index in [-0.39, 0.29) is 5.56 Å². The number of aryl methyl sites for hydroxylation is 1. The van der Waals surface area contributed by atoms with Crippen LogP contribution < -0.4 is 10.5 Å². The molecule has 0 fully saturated rings. The zero-order valence-corrected chi connectivity index (χ0v) is 11.6. The Hall–Kier alpha value is -2.63. The van der Waals surface area contributed by atoms with Gasteiger partial charge in [0.05, 0.1) is 23.7 Å². The predicted molar refractivity (Wildman–Crippen MR) is 78.6 cm³/mol. The largest absolute Gasteiger partial charge is 0.411 e. The molecule has 0 bridgehead atoms. The smallest absolute Gasteiger partial charge is 0.276 e. The molecule has 1 N–H and O–H groups in total. The van der Waals surface area contributed by atoms with Gasteiger partial charge in [0.15, 0.2) is 0 Å². The van der Waals surface area contributed by atoms with Crippen molar-refractivity contribution in [1.82, 2.24) is 9.78 Å². The minimum atomic E-state index is -0.199. The van der Waals surface area contributed by atoms with Crippen LogP contribution >= 0.6 is 0 Å². The molecule has 6 nitrogen and oxygen atoms in total. The third kappa shape index (κ3) is 2.40. The fourth-order valence-corrected chi connectivity index (χ4v) is 2.02. The van der Waals surface area contributed by atoms with E-state index in [4.69, 9.17) is 5.21 Å². The second kappa shape index (κ2) is 5.56. The first-order valence-corrected chi connectivity index (χ1v) is 6.06. The van der Waals surface area contributed by atoms with Crippen LogP contribution in [0.15, 0.2) is 40.4 Å². The topological polar surface area (TPSA) is 70.7 Å². The average molecular weight is 272 g/mol. The quantitative estimate of drug-likeness (QED) is 0.520. The van der Waals surface area contributed by atoms with Crippen molar-refractivity contribution in [3.63, 3.8) is 0 Å². The zero-order chi connectivity index (χ0) is 14.7. The number of anilines is 1. The van der Waals surface area contributed by atoms with E-state index in [1.54, 1.807) is 19.3 Å². The average Bonchev–Trinajstić information content (AvgIpc) is 2.42. The van der Waals surface area contributed by atoms with E-state index in [1.165, 1.54) is 10.9 Å². The van der Waals surface area contributed by atoms with Crippen molar-refractivity contribution in [1.29, 1.82) is 0 Å². The highest BCUT2D eigenvalue weighted by molar-refractivity contribution is 5.93. The summed E-state index contributed by atoms with van der Waals surface area (Å²) in [7, 11) is 5.30. The van der Waals surface area contributed by atoms with Gasteiger partial charge in [0, 0.05) is 26.7 Å². The summed E-state index contributed by atoms with van der Waals surface area (Å²) in [4.78, 5) is 14.2. The summed E-state index contributed by atoms with van der Waals surface area (Å²) in [5, 5.41) is 15.9. The maximum Gasteiger partial charge on any atom is 0.276 e. The van der Waals surface area contributed by atoms with Gasteiger partial charge < -0.3 is 10.1 Å². The molecular formula is C14H16N4O2. The van der Waals surface area contributed by atoms with E-state index >= 15 is 0 Å². The molecule has 0 atom stereocenters. The molecule has 0 saturated carbocycles. The van der Waals surface area contributed by atoms with Gasteiger partial charge in [-0.05, 0) is 5.56 Å². The molecule has 0 unspecified atom stereocenters. The van der Waals surface area contributed by atoms with Gasteiger partial charge in [-0.2, -0.15) is 5.10 Å². The summed E-state index contributed by atoms with van der Waals surface area (Å²) in [6.45, 7) is 0. The first kappa shape index (κ1) is 13.8. The van der Waals surface area contributed by atoms with Gasteiger partial charge in [-0.25, -0.2) is 4.68 Å². The standard InChI is InChI=1S/C14H16N4O2/c1-17(2)12-9-15-18(3)14(19)13(12)11-7-5-4-6-10(11)8-16-20/h4-9,20H,1-3H3/b16-8+. The fourth-order valence-electron chi connectivity index (χ4n) is 2.02. The Kier molecular flexibility index (Phi) is 3.84. The highest BCUT2D eigenvalue weighted by Gasteiger charge is 2.16. The van der Waals surface area contributed by atoms with Crippen molar-refractivity contribution in [2.45, 2.75) is 0 Å². The lowest BCUT2D eigenvalue weighted by Gasteiger charge is -2.18. The van der Waals surface area contributed by atoms with E-state index in [2.05, 4.69) is 10.3 Å². The molecule has 0 aliphatic rings. The Morgan fingerprint density at radius 1 is 1.35 bits per heavy atom. The normalized spacial score (nSPS) is 10.9. The van der Waals surface area contributed by atoms with Crippen molar-refractivity contribution in [3.8, 4) is 11.1 Å². The molecule has 0 saturated heterocycles. The molecule has 104 valence electrons. The van der Waals surface area contributed by atoms with E-state index < -0.39 is 0 Å². The third-order valence-corrected chi connectivity index (χ3v) is 3.03. The SMILES string of the molecule is CN(C)c1cnn(C)c(=O)c1-c1ccccc1/C=N/O. The van der Waals surface area contributed by atoms with Gasteiger partial charge in [-0.1, -0.05) is 29.4 Å². The van der Waals surface area contributed by atoms with Crippen molar-refractivity contribution in [3.05, 3.63) is 46.4 Å². The molecule has 0 spiro atoms. The van der Waals surface area contributed by atoms with Gasteiger partial charge in [0.1, 0.15) is 0 Å². The van der Waals surface area contributed by atoms with Gasteiger partial charge >= 0.3 is 0 Å². The molecule has 1 aromatic heterocycles. The van der Waals surface area contributed by atoms with Crippen molar-refractivity contribution in [2.75, 3.05) is 19.0 Å². The number of oxime groups is 1. The van der Waals surface area contributed by atoms with Crippen LogP contribution in [0, 0.1) is 0 Å². The number of hydrogen-bond donors (Lipinski definition) is 1. The summed E-state index contributed by atoms with van der Waals surface area (Å²) in [5.74, 6) is 0. The fraction of sp³-hybridized carbons (Fsp3) is 0.214. The number of aromatic nitrogens is 2. The Balaban J connectivity index is 2.82. The molecule has 6 heteroatoms. The molecule has 2 aromatic rings. The minimum Gasteiger partial charge on any atom is -0.411 e. The van der Waals surface area contributed by atoms with Crippen molar-refractivity contribution < 1.29 is 5.21 Å². The van der Waals surface area contributed by atoms with E-state index in [1.807, 2.05) is 37.2 Å². The molecule has 0 aliphatic heterocycles. The number of rotatable bonds is 3. The highest BCUT2D eigenvalue weighted by atomic mass is 16.4. The second-order valence-corrected chi connectivity index (χ2v) is 4.56. The minimum absolute atomic E-state index is 0.199. The molecule has 1 heterocycles. The third-order valence-electron chi connectivity index (χ3n) is 3.03. The van der Waals surface area contributed by atoms with Gasteiger partial charge in [0.2, 0.25) is 0 Å². The first-order chi connectivity index (χ1) is 9.56. The summed E-state index contributed by atoms with van der Waals surface area (Å²) in [6.07, 6.45) is 2.96. The van der Waals surface area contributed by atoms with Crippen molar-refractivity contribution in [2.24, 2.45) is 12.2 Å². The molecule has 1 aromatic carbocycles. The lowest BCUT2D eigenvalue weighted by Crippen LogP contribution is -2.25. The first-order valence-electron chi connectivity index (χ1n) is 6.06. The van der Waals surface area contributed by atoms with Crippen LogP contribution in [0.5, 0.6) is 0 Å². The number of hydrogen-bond acceptors (Lipinski definition) is 5. The van der Waals surface area contributed by atoms with E-state index in [0.717, 1.165) is 0 Å². The van der Waals surface area contributed by atoms with E-state index in [0.29, 0.717) is 22.4 Å². The summed E-state index contributed by atoms with van der Waals surface area (Å²) < 4.78 is 1.29. The van der Waals surface area contributed by atoms with Crippen LogP contribution in [0.1, 0.15) is 5.56 Å². The highest BCUT2D eigenvalue weighted by Crippen LogP contribution is 2.27. The molecular weight excluding hydrogens is 256 g/mol. The van der Waals surface area contributed by atoms with Crippen LogP contribution in [0.4, 0.5) is 5.69 Å². The lowest BCUT2D eigenvalue weighted by molar-refractivity contribution is 0.322. The maximum absolute atomic E-state index is 12.4. The number of benzene rings is 1. The van der Waals surface area contributed by atoms with Gasteiger partial charge in [-0.3, -0.25) is 4.79 Å². The van der Waals surface area contributed by atoms with Gasteiger partial charge in [0.25, 0.3) is 5.56 Å². The maximum atomic E-state index is 12.4. The molecule has 0 amide bonds. The molecule has 0 radical (unpaired) electrons. The molecule has 0 aliphatic carbocycles. The monoisotopic (exact) mass is 272 g/mol. The van der Waals surface area contributed by atoms with Crippen LogP contribution in [0.25, 0.3) is 11.1 Å². The lowest BCUT2D eigenvalue weighted by atomic mass is 10.0. The summed E-state index contributed by atoms with van der Waals surface area (Å²) >= 11 is 0. The van der Waals surface area contributed by atoms with Crippen LogP contribution in [0.3, 0.4) is 0 Å². The predicted octanol–water partition coefficient (Wildman–Crippen LogP) is 1.32. The Bertz CT molecular complexity index is 705. The van der Waals surface area contributed by atoms with E-state index in [9.17, 15) is 4.79 Å². The van der Waals surface area contributed by atoms with Crippen molar-refractivity contribution >= 4 is 11.9 Å². The van der Waals surface area contributed by atoms with Crippen LogP contribution in [-0.2, 0) is 7.05 Å². The Morgan fingerprint density at radius 3 is 2.70 bits per heavy atom. The molecule has 20 heavy (non-hydrogen) atoms. The zero-order valence-electron chi connectivity index (χ0n) is 11.6. The van der Waals surface area contributed by atoms with Crippen LogP contribution in [-0.4, -0.2) is 35.3 Å². The molecule has 2 rings (SSSR count). The second-order valence-electron chi connectivity index (χ2n) is 4.56. The summed E-state index contributed by atoms with van der Waals surface area (Å²) in [5.41, 5.74) is 2.42. The Labute approximate surface area is 116 Å².